The number of carbonyl (C=O) groups is 2. The Morgan fingerprint density at radius 1 is 1.37 bits per heavy atom. The van der Waals surface area contributed by atoms with Crippen LogP contribution < -0.4 is 10.6 Å². The van der Waals surface area contributed by atoms with E-state index in [1.807, 2.05) is 29.4 Å². The predicted molar refractivity (Wildman–Crippen MR) is 67.6 cm³/mol. The fourth-order valence-electron chi connectivity index (χ4n) is 3.75. The first-order chi connectivity index (χ1) is 9.04. The van der Waals surface area contributed by atoms with Crippen molar-refractivity contribution in [1.29, 1.82) is 0 Å². The Bertz CT molecular complexity index is 620. The quantitative estimate of drug-likeness (QED) is 0.726. The second kappa shape index (κ2) is 3.12. The molecule has 1 aromatic heterocycles. The van der Waals surface area contributed by atoms with E-state index >= 15 is 0 Å². The standard InChI is InChI=1S/C13H16N4O2/c1-7-6-9-10(18)16-5-3-4-13(16)11(14-12(19)15-13)17(9)8(7)2/h6,11H,3-5H2,1-2H3,(H2,14,15,19)/t11-,13+/m0/s1. The van der Waals surface area contributed by atoms with Crippen molar-refractivity contribution in [2.75, 3.05) is 6.54 Å². The third-order valence-electron chi connectivity index (χ3n) is 4.74. The molecule has 0 bridgehead atoms. The van der Waals surface area contributed by atoms with Crippen LogP contribution in [-0.4, -0.2) is 33.6 Å². The maximum atomic E-state index is 12.6. The van der Waals surface area contributed by atoms with Gasteiger partial charge < -0.3 is 20.1 Å². The third-order valence-corrected chi connectivity index (χ3v) is 4.74. The minimum atomic E-state index is -0.572. The fraction of sp³-hybridized carbons (Fsp3) is 0.538. The molecule has 0 radical (unpaired) electrons. The van der Waals surface area contributed by atoms with Crippen molar-refractivity contribution in [2.45, 2.75) is 38.5 Å². The van der Waals surface area contributed by atoms with E-state index in [4.69, 9.17) is 0 Å². The Morgan fingerprint density at radius 3 is 2.95 bits per heavy atom. The zero-order chi connectivity index (χ0) is 13.4. The van der Waals surface area contributed by atoms with E-state index in [2.05, 4.69) is 10.6 Å². The number of urea groups is 1. The first-order valence-corrected chi connectivity index (χ1v) is 6.64. The number of nitrogens with zero attached hydrogens (tertiary/aromatic N) is 2. The van der Waals surface area contributed by atoms with E-state index in [0.29, 0.717) is 12.2 Å². The lowest BCUT2D eigenvalue weighted by Gasteiger charge is -2.43. The number of hydrogen-bond donors (Lipinski definition) is 2. The van der Waals surface area contributed by atoms with Crippen molar-refractivity contribution in [1.82, 2.24) is 20.1 Å². The Hall–Kier alpha value is -1.98. The van der Waals surface area contributed by atoms with Gasteiger partial charge in [-0.2, -0.15) is 0 Å². The van der Waals surface area contributed by atoms with Crippen molar-refractivity contribution in [3.8, 4) is 0 Å². The van der Waals surface area contributed by atoms with Gasteiger partial charge in [-0.25, -0.2) is 4.79 Å². The smallest absolute Gasteiger partial charge is 0.316 e. The second-order valence-electron chi connectivity index (χ2n) is 5.65. The second-order valence-corrected chi connectivity index (χ2v) is 5.65. The first-order valence-electron chi connectivity index (χ1n) is 6.64. The maximum Gasteiger partial charge on any atom is 0.318 e. The molecule has 0 saturated carbocycles. The molecular weight excluding hydrogens is 244 g/mol. The van der Waals surface area contributed by atoms with Crippen molar-refractivity contribution in [3.05, 3.63) is 23.0 Å². The summed E-state index contributed by atoms with van der Waals surface area (Å²) in [6, 6.07) is 1.73. The molecule has 1 aromatic rings. The van der Waals surface area contributed by atoms with Crippen molar-refractivity contribution < 1.29 is 9.59 Å². The average Bonchev–Trinajstić information content (AvgIpc) is 2.99. The topological polar surface area (TPSA) is 66.4 Å². The highest BCUT2D eigenvalue weighted by Gasteiger charge is 2.59. The molecule has 100 valence electrons. The van der Waals surface area contributed by atoms with Crippen LogP contribution in [0, 0.1) is 13.8 Å². The Morgan fingerprint density at radius 2 is 2.16 bits per heavy atom. The number of aromatic nitrogens is 1. The van der Waals surface area contributed by atoms with E-state index in [-0.39, 0.29) is 18.1 Å². The van der Waals surface area contributed by atoms with Crippen LogP contribution in [0.5, 0.6) is 0 Å². The van der Waals surface area contributed by atoms with Crippen LogP contribution in [0.4, 0.5) is 4.79 Å². The molecule has 3 amide bonds. The van der Waals surface area contributed by atoms with Crippen molar-refractivity contribution in [3.63, 3.8) is 0 Å². The molecule has 0 unspecified atom stereocenters. The summed E-state index contributed by atoms with van der Waals surface area (Å²) in [6.45, 7) is 4.70. The van der Waals surface area contributed by atoms with Gasteiger partial charge in [0.1, 0.15) is 11.9 Å². The van der Waals surface area contributed by atoms with E-state index in [1.54, 1.807) is 0 Å². The van der Waals surface area contributed by atoms with E-state index in [9.17, 15) is 9.59 Å². The molecule has 1 spiro atoms. The van der Waals surface area contributed by atoms with E-state index in [1.165, 1.54) is 0 Å². The van der Waals surface area contributed by atoms with Crippen LogP contribution in [0.25, 0.3) is 0 Å². The highest BCUT2D eigenvalue weighted by atomic mass is 16.2. The summed E-state index contributed by atoms with van der Waals surface area (Å²) in [4.78, 5) is 26.3. The zero-order valence-corrected chi connectivity index (χ0v) is 11.0. The van der Waals surface area contributed by atoms with Gasteiger partial charge in [-0.15, -0.1) is 0 Å². The molecule has 6 heteroatoms. The van der Waals surface area contributed by atoms with Crippen LogP contribution in [0.3, 0.4) is 0 Å². The Kier molecular flexibility index (Phi) is 1.79. The van der Waals surface area contributed by atoms with Gasteiger partial charge in [-0.05, 0) is 38.3 Å². The highest BCUT2D eigenvalue weighted by molar-refractivity contribution is 5.96. The van der Waals surface area contributed by atoms with Crippen LogP contribution in [-0.2, 0) is 0 Å². The molecule has 3 aliphatic heterocycles. The summed E-state index contributed by atoms with van der Waals surface area (Å²) >= 11 is 0. The lowest BCUT2D eigenvalue weighted by atomic mass is 10.0. The third kappa shape index (κ3) is 1.08. The number of carbonyl (C=O) groups excluding carboxylic acids is 2. The molecule has 3 aliphatic rings. The van der Waals surface area contributed by atoms with Gasteiger partial charge in [-0.1, -0.05) is 0 Å². The molecular formula is C13H16N4O2. The van der Waals surface area contributed by atoms with Gasteiger partial charge in [0.05, 0.1) is 0 Å². The number of amides is 3. The number of fused-ring (bicyclic) bond motifs is 2. The van der Waals surface area contributed by atoms with Crippen LogP contribution in [0.2, 0.25) is 0 Å². The van der Waals surface area contributed by atoms with Crippen LogP contribution >= 0.6 is 0 Å². The normalized spacial score (nSPS) is 31.7. The summed E-state index contributed by atoms with van der Waals surface area (Å²) < 4.78 is 1.98. The lowest BCUT2D eigenvalue weighted by molar-refractivity contribution is 0.0308. The van der Waals surface area contributed by atoms with Gasteiger partial charge in [0, 0.05) is 12.2 Å². The summed E-state index contributed by atoms with van der Waals surface area (Å²) in [5.74, 6) is 0.0222. The summed E-state index contributed by atoms with van der Waals surface area (Å²) in [5, 5.41) is 5.94. The van der Waals surface area contributed by atoms with Crippen LogP contribution in [0.1, 0.15) is 40.8 Å². The molecule has 0 aromatic carbocycles. The molecule has 2 N–H and O–H groups in total. The average molecular weight is 260 g/mol. The van der Waals surface area contributed by atoms with E-state index in [0.717, 1.165) is 24.1 Å². The molecule has 2 atom stereocenters. The maximum absolute atomic E-state index is 12.6. The minimum absolute atomic E-state index is 0.0222. The van der Waals surface area contributed by atoms with Gasteiger partial charge in [-0.3, -0.25) is 4.79 Å². The molecule has 0 aliphatic carbocycles. The van der Waals surface area contributed by atoms with Crippen LogP contribution in [0.15, 0.2) is 6.07 Å². The number of aryl methyl sites for hydroxylation is 1. The molecule has 2 fully saturated rings. The Labute approximate surface area is 110 Å². The summed E-state index contributed by atoms with van der Waals surface area (Å²) in [5.41, 5.74) is 2.24. The molecule has 4 heterocycles. The summed E-state index contributed by atoms with van der Waals surface area (Å²) in [6.07, 6.45) is 1.54. The predicted octanol–water partition coefficient (Wildman–Crippen LogP) is 0.862. The van der Waals surface area contributed by atoms with Crippen molar-refractivity contribution >= 4 is 11.9 Å². The van der Waals surface area contributed by atoms with Gasteiger partial charge in [0.15, 0.2) is 5.66 Å². The fourth-order valence-corrected chi connectivity index (χ4v) is 3.75. The summed E-state index contributed by atoms with van der Waals surface area (Å²) in [7, 11) is 0. The zero-order valence-electron chi connectivity index (χ0n) is 11.0. The van der Waals surface area contributed by atoms with Crippen molar-refractivity contribution in [2.24, 2.45) is 0 Å². The largest absolute Gasteiger partial charge is 0.318 e. The number of rotatable bonds is 0. The number of hydrogen-bond acceptors (Lipinski definition) is 2. The highest BCUT2D eigenvalue weighted by Crippen LogP contribution is 2.44. The minimum Gasteiger partial charge on any atom is -0.316 e. The SMILES string of the molecule is Cc1cc2n(c1C)[C@@H]1NC(=O)N[C@@]13CCCN3C2=O. The van der Waals surface area contributed by atoms with Gasteiger partial charge >= 0.3 is 6.03 Å². The van der Waals surface area contributed by atoms with E-state index < -0.39 is 5.66 Å². The first kappa shape index (κ1) is 10.9. The van der Waals surface area contributed by atoms with Gasteiger partial charge in [0.2, 0.25) is 0 Å². The molecule has 4 rings (SSSR count). The monoisotopic (exact) mass is 260 g/mol. The Balaban J connectivity index is 2.00. The molecule has 2 saturated heterocycles. The van der Waals surface area contributed by atoms with Gasteiger partial charge in [0.25, 0.3) is 5.91 Å². The molecule has 19 heavy (non-hydrogen) atoms. The molecule has 6 nitrogen and oxygen atoms in total. The lowest BCUT2D eigenvalue weighted by Crippen LogP contribution is -2.62. The number of nitrogens with one attached hydrogen (secondary N) is 2.